The van der Waals surface area contributed by atoms with Crippen LogP contribution in [0.1, 0.15) is 21.5 Å². The zero-order chi connectivity index (χ0) is 8.97. The van der Waals surface area contributed by atoms with Crippen molar-refractivity contribution in [2.75, 3.05) is 0 Å². The van der Waals surface area contributed by atoms with Gasteiger partial charge in [0, 0.05) is 5.56 Å². The Bertz CT molecular complexity index is 336. The maximum absolute atomic E-state index is 10.4. The topological polar surface area (TPSA) is 40.9 Å². The smallest absolute Gasteiger partial charge is 0.150 e. The molecule has 0 aliphatic carbocycles. The number of benzene rings is 1. The van der Waals surface area contributed by atoms with Gasteiger partial charge in [0.25, 0.3) is 0 Å². The Labute approximate surface area is 71.4 Å². The van der Waals surface area contributed by atoms with Crippen molar-refractivity contribution in [1.82, 2.24) is 0 Å². The first kappa shape index (κ1) is 8.48. The highest BCUT2D eigenvalue weighted by Crippen LogP contribution is 2.08. The summed E-state index contributed by atoms with van der Waals surface area (Å²) in [6.07, 6.45) is 1.16. The SMILES string of the molecule is Cc1cc(C=O)cc(CC#N)c1. The average molecular weight is 159 g/mol. The van der Waals surface area contributed by atoms with Gasteiger partial charge >= 0.3 is 0 Å². The van der Waals surface area contributed by atoms with Gasteiger partial charge in [0.2, 0.25) is 0 Å². The molecule has 0 bridgehead atoms. The summed E-state index contributed by atoms with van der Waals surface area (Å²) in [6, 6.07) is 7.50. The van der Waals surface area contributed by atoms with Gasteiger partial charge in [-0.25, -0.2) is 0 Å². The van der Waals surface area contributed by atoms with Crippen molar-refractivity contribution in [1.29, 1.82) is 5.26 Å². The number of aryl methyl sites for hydroxylation is 1. The van der Waals surface area contributed by atoms with Crippen LogP contribution in [0.25, 0.3) is 0 Å². The molecule has 1 aromatic rings. The zero-order valence-corrected chi connectivity index (χ0v) is 6.87. The minimum absolute atomic E-state index is 0.364. The molecule has 0 saturated heterocycles. The highest BCUT2D eigenvalue weighted by atomic mass is 16.1. The zero-order valence-electron chi connectivity index (χ0n) is 6.87. The second-order valence-corrected chi connectivity index (χ2v) is 2.70. The summed E-state index contributed by atoms with van der Waals surface area (Å²) in [5.41, 5.74) is 2.56. The van der Waals surface area contributed by atoms with Crippen molar-refractivity contribution in [3.8, 4) is 6.07 Å². The number of aldehydes is 1. The molecule has 0 heterocycles. The fourth-order valence-corrected chi connectivity index (χ4v) is 1.16. The predicted molar refractivity (Wildman–Crippen MR) is 45.9 cm³/mol. The fourth-order valence-electron chi connectivity index (χ4n) is 1.16. The van der Waals surface area contributed by atoms with Crippen molar-refractivity contribution in [3.05, 3.63) is 34.9 Å². The highest BCUT2D eigenvalue weighted by molar-refractivity contribution is 5.75. The number of nitriles is 1. The van der Waals surface area contributed by atoms with Gasteiger partial charge in [-0.3, -0.25) is 4.79 Å². The molecule has 0 atom stereocenters. The van der Waals surface area contributed by atoms with Crippen LogP contribution in [0.2, 0.25) is 0 Å². The Morgan fingerprint density at radius 3 is 2.83 bits per heavy atom. The van der Waals surface area contributed by atoms with Crippen LogP contribution in [0.3, 0.4) is 0 Å². The Kier molecular flexibility index (Phi) is 2.60. The molecular formula is C10H9NO. The third kappa shape index (κ3) is 1.93. The molecule has 0 unspecified atom stereocenters. The van der Waals surface area contributed by atoms with E-state index in [4.69, 9.17) is 5.26 Å². The van der Waals surface area contributed by atoms with E-state index < -0.39 is 0 Å². The maximum Gasteiger partial charge on any atom is 0.150 e. The molecule has 0 aliphatic rings. The molecular weight excluding hydrogens is 150 g/mol. The van der Waals surface area contributed by atoms with E-state index in [2.05, 4.69) is 0 Å². The summed E-state index contributed by atoms with van der Waals surface area (Å²) in [6.45, 7) is 1.91. The van der Waals surface area contributed by atoms with Crippen molar-refractivity contribution in [2.24, 2.45) is 0 Å². The van der Waals surface area contributed by atoms with Gasteiger partial charge in [0.05, 0.1) is 12.5 Å². The molecule has 0 fully saturated rings. The lowest BCUT2D eigenvalue weighted by Gasteiger charge is -1.98. The maximum atomic E-state index is 10.4. The van der Waals surface area contributed by atoms with Crippen molar-refractivity contribution in [2.45, 2.75) is 13.3 Å². The molecule has 0 spiro atoms. The summed E-state index contributed by atoms with van der Waals surface area (Å²) >= 11 is 0. The summed E-state index contributed by atoms with van der Waals surface area (Å²) in [5, 5.41) is 8.44. The first-order valence-electron chi connectivity index (χ1n) is 3.69. The second kappa shape index (κ2) is 3.68. The van der Waals surface area contributed by atoms with Crippen LogP contribution in [-0.4, -0.2) is 6.29 Å². The van der Waals surface area contributed by atoms with Crippen LogP contribution < -0.4 is 0 Å². The molecule has 0 aromatic heterocycles. The van der Waals surface area contributed by atoms with Crippen LogP contribution >= 0.6 is 0 Å². The summed E-state index contributed by atoms with van der Waals surface area (Å²) in [4.78, 5) is 10.4. The van der Waals surface area contributed by atoms with E-state index in [-0.39, 0.29) is 0 Å². The first-order chi connectivity index (χ1) is 5.76. The molecule has 1 aromatic carbocycles. The number of rotatable bonds is 2. The molecule has 0 saturated carbocycles. The van der Waals surface area contributed by atoms with Gasteiger partial charge in [-0.2, -0.15) is 5.26 Å². The molecule has 2 nitrogen and oxygen atoms in total. The van der Waals surface area contributed by atoms with Crippen LogP contribution in [0.15, 0.2) is 18.2 Å². The quantitative estimate of drug-likeness (QED) is 0.618. The summed E-state index contributed by atoms with van der Waals surface area (Å²) < 4.78 is 0. The fraction of sp³-hybridized carbons (Fsp3) is 0.200. The van der Waals surface area contributed by atoms with Crippen LogP contribution in [0.4, 0.5) is 0 Å². The Morgan fingerprint density at radius 1 is 1.50 bits per heavy atom. The predicted octanol–water partition coefficient (Wildman–Crippen LogP) is 1.87. The van der Waals surface area contributed by atoms with E-state index >= 15 is 0 Å². The molecule has 0 radical (unpaired) electrons. The second-order valence-electron chi connectivity index (χ2n) is 2.70. The van der Waals surface area contributed by atoms with E-state index in [0.29, 0.717) is 12.0 Å². The van der Waals surface area contributed by atoms with Gasteiger partial charge in [0.15, 0.2) is 0 Å². The highest BCUT2D eigenvalue weighted by Gasteiger charge is 1.96. The lowest BCUT2D eigenvalue weighted by atomic mass is 10.1. The molecule has 12 heavy (non-hydrogen) atoms. The Hall–Kier alpha value is -1.62. The molecule has 0 aliphatic heterocycles. The number of carbonyl (C=O) groups is 1. The summed E-state index contributed by atoms with van der Waals surface area (Å²) in [7, 11) is 0. The molecule has 0 amide bonds. The molecule has 1 rings (SSSR count). The lowest BCUT2D eigenvalue weighted by molar-refractivity contribution is 0.112. The van der Waals surface area contributed by atoms with Crippen molar-refractivity contribution < 1.29 is 4.79 Å². The van der Waals surface area contributed by atoms with Crippen LogP contribution in [-0.2, 0) is 6.42 Å². The molecule has 0 N–H and O–H groups in total. The van der Waals surface area contributed by atoms with Crippen LogP contribution in [0, 0.1) is 18.3 Å². The van der Waals surface area contributed by atoms with Gasteiger partial charge in [-0.1, -0.05) is 11.6 Å². The van der Waals surface area contributed by atoms with E-state index in [9.17, 15) is 4.79 Å². The number of nitrogens with zero attached hydrogens (tertiary/aromatic N) is 1. The van der Waals surface area contributed by atoms with E-state index in [1.807, 2.05) is 19.1 Å². The standard InChI is InChI=1S/C10H9NO/c1-8-4-9(2-3-11)6-10(5-8)7-12/h4-7H,2H2,1H3. The largest absolute Gasteiger partial charge is 0.298 e. The van der Waals surface area contributed by atoms with Gasteiger partial charge in [-0.05, 0) is 24.6 Å². The third-order valence-electron chi connectivity index (χ3n) is 1.58. The van der Waals surface area contributed by atoms with Crippen molar-refractivity contribution >= 4 is 6.29 Å². The normalized spacial score (nSPS) is 9.00. The minimum Gasteiger partial charge on any atom is -0.298 e. The van der Waals surface area contributed by atoms with E-state index in [0.717, 1.165) is 17.4 Å². The summed E-state index contributed by atoms with van der Waals surface area (Å²) in [5.74, 6) is 0. The van der Waals surface area contributed by atoms with E-state index in [1.54, 1.807) is 12.1 Å². The number of carbonyl (C=O) groups excluding carboxylic acids is 1. The van der Waals surface area contributed by atoms with Crippen LogP contribution in [0.5, 0.6) is 0 Å². The number of hydrogen-bond donors (Lipinski definition) is 0. The lowest BCUT2D eigenvalue weighted by Crippen LogP contribution is -1.88. The van der Waals surface area contributed by atoms with E-state index in [1.165, 1.54) is 0 Å². The van der Waals surface area contributed by atoms with Crippen molar-refractivity contribution in [3.63, 3.8) is 0 Å². The van der Waals surface area contributed by atoms with Gasteiger partial charge in [-0.15, -0.1) is 0 Å². The molecule has 2 heteroatoms. The van der Waals surface area contributed by atoms with Gasteiger partial charge < -0.3 is 0 Å². The average Bonchev–Trinajstić information content (AvgIpc) is 2.04. The Morgan fingerprint density at radius 2 is 2.25 bits per heavy atom. The molecule has 60 valence electrons. The third-order valence-corrected chi connectivity index (χ3v) is 1.58. The Balaban J connectivity index is 3.07. The minimum atomic E-state index is 0.364. The number of hydrogen-bond acceptors (Lipinski definition) is 2. The van der Waals surface area contributed by atoms with Gasteiger partial charge in [0.1, 0.15) is 6.29 Å². The monoisotopic (exact) mass is 159 g/mol. The first-order valence-corrected chi connectivity index (χ1v) is 3.69.